The lowest BCUT2D eigenvalue weighted by Gasteiger charge is -2.28. The Bertz CT molecular complexity index is 1010. The monoisotopic (exact) mass is 438 g/mol. The Labute approximate surface area is 187 Å². The third kappa shape index (κ3) is 5.88. The van der Waals surface area contributed by atoms with Gasteiger partial charge in [-0.2, -0.15) is 0 Å². The second kappa shape index (κ2) is 10.0. The summed E-state index contributed by atoms with van der Waals surface area (Å²) >= 11 is 6.02. The van der Waals surface area contributed by atoms with Crippen molar-refractivity contribution in [1.82, 2.24) is 4.98 Å². The molecule has 0 amide bonds. The van der Waals surface area contributed by atoms with Crippen LogP contribution < -0.4 is 5.32 Å². The van der Waals surface area contributed by atoms with Crippen molar-refractivity contribution in [3.8, 4) is 11.3 Å². The molecule has 162 valence electrons. The van der Waals surface area contributed by atoms with E-state index in [1.807, 2.05) is 24.3 Å². The number of nitrogens with zero attached hydrogens (tertiary/aromatic N) is 1. The Hall–Kier alpha value is -2.79. The molecule has 1 fully saturated rings. The molecule has 3 aromatic rings. The number of carboxylic acid groups (broad SMARTS) is 1. The van der Waals surface area contributed by atoms with Crippen molar-refractivity contribution in [2.45, 2.75) is 50.9 Å². The van der Waals surface area contributed by atoms with Gasteiger partial charge < -0.3 is 14.8 Å². The highest BCUT2D eigenvalue weighted by atomic mass is 35.5. The molecule has 0 radical (unpaired) electrons. The van der Waals surface area contributed by atoms with Crippen molar-refractivity contribution in [1.29, 1.82) is 0 Å². The Morgan fingerprint density at radius 2 is 1.90 bits per heavy atom. The van der Waals surface area contributed by atoms with E-state index in [2.05, 4.69) is 34.6 Å². The normalized spacial score (nSPS) is 18.6. The van der Waals surface area contributed by atoms with Crippen LogP contribution in [0.3, 0.4) is 0 Å². The van der Waals surface area contributed by atoms with E-state index in [-0.39, 0.29) is 0 Å². The Morgan fingerprint density at radius 1 is 1.13 bits per heavy atom. The quantitative estimate of drug-likeness (QED) is 0.386. The van der Waals surface area contributed by atoms with Gasteiger partial charge >= 0.3 is 5.97 Å². The molecule has 0 aliphatic heterocycles. The van der Waals surface area contributed by atoms with Crippen LogP contribution in [0.2, 0.25) is 5.02 Å². The number of nitrogens with one attached hydrogen (secondary N) is 1. The molecule has 0 atom stereocenters. The van der Waals surface area contributed by atoms with Gasteiger partial charge in [-0.05, 0) is 74.1 Å². The number of aromatic nitrogens is 1. The molecule has 6 heteroatoms. The molecular formula is C25H27ClN2O3. The SMILES string of the molecule is O=C(O)CCC[C@H]1CC[C@H](c2ccc(-c3cnc(Nc4cccc(Cl)c4)o3)cc2)CC1. The fourth-order valence-corrected chi connectivity index (χ4v) is 4.59. The van der Waals surface area contributed by atoms with Gasteiger partial charge in [0, 0.05) is 22.7 Å². The standard InChI is InChI=1S/C25H27ClN2O3/c26-21-4-2-5-22(15-21)28-25-27-16-23(31-25)20-13-11-19(12-14-20)18-9-7-17(8-10-18)3-1-6-24(29)30/h2,4-5,11-18H,1,3,6-10H2,(H,27,28)(H,29,30)/t17-,18-. The van der Waals surface area contributed by atoms with Crippen molar-refractivity contribution in [2.75, 3.05) is 5.32 Å². The van der Waals surface area contributed by atoms with Gasteiger partial charge in [-0.15, -0.1) is 0 Å². The number of carboxylic acids is 1. The molecule has 0 bridgehead atoms. The maximum absolute atomic E-state index is 10.7. The summed E-state index contributed by atoms with van der Waals surface area (Å²) in [6.07, 6.45) is 8.57. The van der Waals surface area contributed by atoms with E-state index in [1.54, 1.807) is 6.20 Å². The summed E-state index contributed by atoms with van der Waals surface area (Å²) in [6, 6.07) is 16.4. The van der Waals surface area contributed by atoms with Crippen molar-refractivity contribution in [2.24, 2.45) is 5.92 Å². The van der Waals surface area contributed by atoms with Crippen LogP contribution in [0.15, 0.2) is 59.1 Å². The molecule has 1 aliphatic carbocycles. The molecule has 1 heterocycles. The van der Waals surface area contributed by atoms with E-state index < -0.39 is 5.97 Å². The topological polar surface area (TPSA) is 75.4 Å². The zero-order valence-corrected chi connectivity index (χ0v) is 18.1. The molecule has 0 spiro atoms. The van der Waals surface area contributed by atoms with E-state index in [4.69, 9.17) is 21.1 Å². The van der Waals surface area contributed by atoms with Crippen LogP contribution in [0, 0.1) is 5.92 Å². The summed E-state index contributed by atoms with van der Waals surface area (Å²) in [6.45, 7) is 0. The molecule has 1 aliphatic rings. The molecule has 1 saturated carbocycles. The smallest absolute Gasteiger partial charge is 0.303 e. The maximum Gasteiger partial charge on any atom is 0.303 e. The lowest BCUT2D eigenvalue weighted by Crippen LogP contribution is -2.13. The first kappa shape index (κ1) is 21.4. The van der Waals surface area contributed by atoms with Crippen LogP contribution in [0.5, 0.6) is 0 Å². The molecule has 2 N–H and O–H groups in total. The minimum absolute atomic E-state index is 0.291. The van der Waals surface area contributed by atoms with Crippen molar-refractivity contribution in [3.05, 3.63) is 65.3 Å². The maximum atomic E-state index is 10.7. The van der Waals surface area contributed by atoms with Crippen LogP contribution in [0.25, 0.3) is 11.3 Å². The van der Waals surface area contributed by atoms with Crippen molar-refractivity contribution < 1.29 is 14.3 Å². The third-order valence-corrected chi connectivity index (χ3v) is 6.33. The van der Waals surface area contributed by atoms with E-state index in [0.717, 1.165) is 29.9 Å². The molecule has 31 heavy (non-hydrogen) atoms. The molecule has 5 nitrogen and oxygen atoms in total. The number of benzene rings is 2. The van der Waals surface area contributed by atoms with E-state index in [9.17, 15) is 4.79 Å². The minimum atomic E-state index is -0.687. The van der Waals surface area contributed by atoms with Crippen molar-refractivity contribution >= 4 is 29.3 Å². The zero-order chi connectivity index (χ0) is 21.6. The summed E-state index contributed by atoms with van der Waals surface area (Å²) in [5.74, 6) is 1.29. The minimum Gasteiger partial charge on any atom is -0.481 e. The Balaban J connectivity index is 1.32. The number of anilines is 2. The average Bonchev–Trinajstić information content (AvgIpc) is 3.23. The average molecular weight is 439 g/mol. The van der Waals surface area contributed by atoms with Gasteiger partial charge in [0.1, 0.15) is 0 Å². The van der Waals surface area contributed by atoms with Gasteiger partial charge in [-0.3, -0.25) is 4.79 Å². The third-order valence-electron chi connectivity index (χ3n) is 6.10. The number of aliphatic carboxylic acids is 1. The summed E-state index contributed by atoms with van der Waals surface area (Å²) < 4.78 is 5.86. The summed E-state index contributed by atoms with van der Waals surface area (Å²) in [5, 5.41) is 12.6. The van der Waals surface area contributed by atoms with Gasteiger partial charge in [0.2, 0.25) is 0 Å². The number of hydrogen-bond acceptors (Lipinski definition) is 4. The molecule has 0 unspecified atom stereocenters. The lowest BCUT2D eigenvalue weighted by molar-refractivity contribution is -0.137. The highest BCUT2D eigenvalue weighted by Gasteiger charge is 2.22. The van der Waals surface area contributed by atoms with Gasteiger partial charge in [0.15, 0.2) is 5.76 Å². The van der Waals surface area contributed by atoms with Gasteiger partial charge in [0.25, 0.3) is 6.01 Å². The van der Waals surface area contributed by atoms with Crippen LogP contribution >= 0.6 is 11.6 Å². The van der Waals surface area contributed by atoms with E-state index in [0.29, 0.717) is 29.3 Å². The Morgan fingerprint density at radius 3 is 2.61 bits per heavy atom. The second-order valence-electron chi connectivity index (χ2n) is 8.29. The fraction of sp³-hybridized carbons (Fsp3) is 0.360. The summed E-state index contributed by atoms with van der Waals surface area (Å²) in [5.41, 5.74) is 3.19. The van der Waals surface area contributed by atoms with Gasteiger partial charge in [0.05, 0.1) is 6.20 Å². The highest BCUT2D eigenvalue weighted by Crippen LogP contribution is 2.38. The van der Waals surface area contributed by atoms with Crippen LogP contribution in [0.4, 0.5) is 11.7 Å². The number of carbonyl (C=O) groups is 1. The van der Waals surface area contributed by atoms with Crippen LogP contribution in [-0.4, -0.2) is 16.1 Å². The molecule has 0 saturated heterocycles. The summed E-state index contributed by atoms with van der Waals surface area (Å²) in [4.78, 5) is 15.0. The number of oxazole rings is 1. The fourth-order valence-electron chi connectivity index (χ4n) is 4.40. The van der Waals surface area contributed by atoms with Crippen LogP contribution in [-0.2, 0) is 4.79 Å². The van der Waals surface area contributed by atoms with E-state index in [1.165, 1.54) is 31.2 Å². The molecule has 1 aromatic heterocycles. The number of halogens is 1. The predicted octanol–water partition coefficient (Wildman–Crippen LogP) is 7.27. The Kier molecular flexibility index (Phi) is 6.92. The lowest BCUT2D eigenvalue weighted by atomic mass is 9.77. The number of rotatable bonds is 8. The largest absolute Gasteiger partial charge is 0.481 e. The molecule has 4 rings (SSSR count). The molecule has 2 aromatic carbocycles. The first-order valence-electron chi connectivity index (χ1n) is 10.9. The highest BCUT2D eigenvalue weighted by molar-refractivity contribution is 6.30. The number of hydrogen-bond donors (Lipinski definition) is 2. The zero-order valence-electron chi connectivity index (χ0n) is 17.4. The first-order chi connectivity index (χ1) is 15.1. The first-order valence-corrected chi connectivity index (χ1v) is 11.2. The molecular weight excluding hydrogens is 412 g/mol. The van der Waals surface area contributed by atoms with Gasteiger partial charge in [-0.1, -0.05) is 41.9 Å². The summed E-state index contributed by atoms with van der Waals surface area (Å²) in [7, 11) is 0. The second-order valence-corrected chi connectivity index (χ2v) is 8.73. The van der Waals surface area contributed by atoms with Crippen molar-refractivity contribution in [3.63, 3.8) is 0 Å². The van der Waals surface area contributed by atoms with Gasteiger partial charge in [-0.25, -0.2) is 4.98 Å². The predicted molar refractivity (Wildman–Crippen MR) is 123 cm³/mol. The van der Waals surface area contributed by atoms with Crippen LogP contribution in [0.1, 0.15) is 56.4 Å². The van der Waals surface area contributed by atoms with E-state index >= 15 is 0 Å².